The Morgan fingerprint density at radius 3 is 2.75 bits per heavy atom. The third kappa shape index (κ3) is 3.17. The first kappa shape index (κ1) is 16.2. The van der Waals surface area contributed by atoms with Crippen molar-refractivity contribution in [2.45, 2.75) is 31.7 Å². The lowest BCUT2D eigenvalue weighted by molar-refractivity contribution is 0.0942. The standard InChI is InChI=1S/C16H21N5O3/c1-19-13(10-14(22)20(2)16(19)24)15(23)17-7-3-9-21-12(6-8-18-21)11-4-5-11/h6,8,10-11H,3-5,7,9H2,1-2H3,(H,17,23). The summed E-state index contributed by atoms with van der Waals surface area (Å²) in [5, 5.41) is 7.07. The Kier molecular flexibility index (Phi) is 4.37. The van der Waals surface area contributed by atoms with Gasteiger partial charge in [0.1, 0.15) is 5.69 Å². The molecule has 1 amide bonds. The molecular weight excluding hydrogens is 310 g/mol. The van der Waals surface area contributed by atoms with Gasteiger partial charge in [-0.15, -0.1) is 0 Å². The van der Waals surface area contributed by atoms with Crippen LogP contribution in [-0.2, 0) is 20.6 Å². The number of hydrogen-bond donors (Lipinski definition) is 1. The number of carbonyl (C=O) groups is 1. The fraction of sp³-hybridized carbons (Fsp3) is 0.500. The fourth-order valence-electron chi connectivity index (χ4n) is 2.73. The van der Waals surface area contributed by atoms with Crippen molar-refractivity contribution in [1.29, 1.82) is 0 Å². The predicted molar refractivity (Wildman–Crippen MR) is 88.1 cm³/mol. The van der Waals surface area contributed by atoms with Crippen LogP contribution in [0.4, 0.5) is 0 Å². The Labute approximate surface area is 138 Å². The molecule has 0 bridgehead atoms. The van der Waals surface area contributed by atoms with Crippen molar-refractivity contribution in [3.63, 3.8) is 0 Å². The van der Waals surface area contributed by atoms with E-state index in [9.17, 15) is 14.4 Å². The summed E-state index contributed by atoms with van der Waals surface area (Å²) in [6.07, 6.45) is 4.98. The van der Waals surface area contributed by atoms with Gasteiger partial charge in [0.25, 0.3) is 11.5 Å². The van der Waals surface area contributed by atoms with Crippen LogP contribution in [0, 0.1) is 0 Å². The molecule has 1 N–H and O–H groups in total. The molecule has 0 aromatic carbocycles. The fourth-order valence-corrected chi connectivity index (χ4v) is 2.73. The maximum Gasteiger partial charge on any atom is 0.331 e. The van der Waals surface area contributed by atoms with Crippen LogP contribution in [-0.4, -0.2) is 31.4 Å². The number of amides is 1. The quantitative estimate of drug-likeness (QED) is 0.753. The SMILES string of the molecule is Cn1c(C(=O)NCCCn2nccc2C2CC2)cc(=O)n(C)c1=O. The van der Waals surface area contributed by atoms with Gasteiger partial charge in [-0.2, -0.15) is 5.10 Å². The smallest absolute Gasteiger partial charge is 0.331 e. The maximum atomic E-state index is 12.2. The van der Waals surface area contributed by atoms with Crippen LogP contribution in [0.15, 0.2) is 27.9 Å². The molecule has 0 saturated heterocycles. The highest BCUT2D eigenvalue weighted by Crippen LogP contribution is 2.39. The number of carbonyl (C=O) groups excluding carboxylic acids is 1. The molecule has 1 aliphatic carbocycles. The summed E-state index contributed by atoms with van der Waals surface area (Å²) in [6.45, 7) is 1.18. The average Bonchev–Trinajstić information content (AvgIpc) is 3.31. The molecule has 24 heavy (non-hydrogen) atoms. The lowest BCUT2D eigenvalue weighted by Gasteiger charge is -2.10. The van der Waals surface area contributed by atoms with Crippen molar-refractivity contribution in [3.05, 3.63) is 50.6 Å². The molecule has 0 spiro atoms. The van der Waals surface area contributed by atoms with Crippen molar-refractivity contribution in [2.75, 3.05) is 6.54 Å². The van der Waals surface area contributed by atoms with Gasteiger partial charge in [-0.05, 0) is 25.3 Å². The highest BCUT2D eigenvalue weighted by Gasteiger charge is 2.26. The molecule has 0 unspecified atom stereocenters. The number of aromatic nitrogens is 4. The van der Waals surface area contributed by atoms with E-state index in [0.29, 0.717) is 12.5 Å². The van der Waals surface area contributed by atoms with E-state index in [1.165, 1.54) is 43.3 Å². The molecule has 3 rings (SSSR count). The number of nitrogens with one attached hydrogen (secondary N) is 1. The molecule has 1 aliphatic rings. The van der Waals surface area contributed by atoms with Crippen LogP contribution in [0.1, 0.15) is 41.4 Å². The number of nitrogens with zero attached hydrogens (tertiary/aromatic N) is 4. The number of rotatable bonds is 6. The second-order valence-electron chi connectivity index (χ2n) is 6.13. The summed E-state index contributed by atoms with van der Waals surface area (Å²) in [7, 11) is 2.86. The molecule has 2 heterocycles. The first-order valence-corrected chi connectivity index (χ1v) is 8.06. The van der Waals surface area contributed by atoms with Gasteiger partial charge < -0.3 is 5.32 Å². The van der Waals surface area contributed by atoms with E-state index in [1.807, 2.05) is 16.9 Å². The van der Waals surface area contributed by atoms with Crippen LogP contribution in [0.3, 0.4) is 0 Å². The second kappa shape index (κ2) is 6.46. The highest BCUT2D eigenvalue weighted by molar-refractivity contribution is 5.92. The van der Waals surface area contributed by atoms with E-state index in [1.54, 1.807) is 0 Å². The number of aryl methyl sites for hydroxylation is 1. The molecule has 2 aromatic rings. The molecular formula is C16H21N5O3. The van der Waals surface area contributed by atoms with Gasteiger partial charge in [-0.3, -0.25) is 23.4 Å². The van der Waals surface area contributed by atoms with E-state index in [-0.39, 0.29) is 5.69 Å². The minimum atomic E-state index is -0.515. The minimum Gasteiger partial charge on any atom is -0.351 e. The normalized spacial score (nSPS) is 13.9. The molecule has 8 nitrogen and oxygen atoms in total. The Hall–Kier alpha value is -2.64. The van der Waals surface area contributed by atoms with Gasteiger partial charge in [0.2, 0.25) is 0 Å². The van der Waals surface area contributed by atoms with Crippen LogP contribution in [0.5, 0.6) is 0 Å². The lowest BCUT2D eigenvalue weighted by Crippen LogP contribution is -2.41. The molecule has 2 aromatic heterocycles. The van der Waals surface area contributed by atoms with Crippen LogP contribution in [0.25, 0.3) is 0 Å². The Morgan fingerprint density at radius 2 is 2.04 bits per heavy atom. The maximum absolute atomic E-state index is 12.2. The van der Waals surface area contributed by atoms with Gasteiger partial charge in [0.05, 0.1) is 0 Å². The molecule has 0 atom stereocenters. The summed E-state index contributed by atoms with van der Waals surface area (Å²) in [6, 6.07) is 3.22. The first-order chi connectivity index (χ1) is 11.5. The predicted octanol–water partition coefficient (Wildman–Crippen LogP) is -0.0220. The van der Waals surface area contributed by atoms with Gasteiger partial charge in [-0.25, -0.2) is 4.79 Å². The van der Waals surface area contributed by atoms with Crippen LogP contribution >= 0.6 is 0 Å². The van der Waals surface area contributed by atoms with Crippen molar-refractivity contribution in [2.24, 2.45) is 14.1 Å². The topological polar surface area (TPSA) is 90.9 Å². The third-order valence-electron chi connectivity index (χ3n) is 4.34. The minimum absolute atomic E-state index is 0.0702. The zero-order valence-corrected chi connectivity index (χ0v) is 13.9. The van der Waals surface area contributed by atoms with E-state index in [2.05, 4.69) is 10.4 Å². The number of hydrogen-bond acceptors (Lipinski definition) is 4. The van der Waals surface area contributed by atoms with Crippen LogP contribution in [0.2, 0.25) is 0 Å². The average molecular weight is 331 g/mol. The van der Waals surface area contributed by atoms with Gasteiger partial charge in [0, 0.05) is 51.1 Å². The van der Waals surface area contributed by atoms with Gasteiger partial charge in [0.15, 0.2) is 0 Å². The molecule has 1 fully saturated rings. The van der Waals surface area contributed by atoms with Gasteiger partial charge in [-0.1, -0.05) is 0 Å². The monoisotopic (exact) mass is 331 g/mol. The molecule has 128 valence electrons. The highest BCUT2D eigenvalue weighted by atomic mass is 16.2. The Balaban J connectivity index is 1.57. The third-order valence-corrected chi connectivity index (χ3v) is 4.34. The van der Waals surface area contributed by atoms with E-state index in [4.69, 9.17) is 0 Å². The molecule has 1 saturated carbocycles. The molecule has 0 radical (unpaired) electrons. The molecule has 0 aliphatic heterocycles. The summed E-state index contributed by atoms with van der Waals surface area (Å²) < 4.78 is 4.13. The van der Waals surface area contributed by atoms with Gasteiger partial charge >= 0.3 is 5.69 Å². The summed E-state index contributed by atoms with van der Waals surface area (Å²) >= 11 is 0. The largest absolute Gasteiger partial charge is 0.351 e. The molecule has 8 heteroatoms. The summed E-state index contributed by atoms with van der Waals surface area (Å²) in [4.78, 5) is 35.7. The summed E-state index contributed by atoms with van der Waals surface area (Å²) in [5.74, 6) is 0.215. The zero-order chi connectivity index (χ0) is 17.3. The first-order valence-electron chi connectivity index (χ1n) is 8.06. The summed E-state index contributed by atoms with van der Waals surface area (Å²) in [5.41, 5.74) is 0.322. The lowest BCUT2D eigenvalue weighted by atomic mass is 10.3. The second-order valence-corrected chi connectivity index (χ2v) is 6.13. The van der Waals surface area contributed by atoms with E-state index in [0.717, 1.165) is 17.5 Å². The van der Waals surface area contributed by atoms with E-state index < -0.39 is 17.2 Å². The Bertz CT molecular complexity index is 873. The van der Waals surface area contributed by atoms with Crippen molar-refractivity contribution >= 4 is 5.91 Å². The van der Waals surface area contributed by atoms with Crippen molar-refractivity contribution in [1.82, 2.24) is 24.2 Å². The van der Waals surface area contributed by atoms with Crippen LogP contribution < -0.4 is 16.6 Å². The van der Waals surface area contributed by atoms with Crippen molar-refractivity contribution in [3.8, 4) is 0 Å². The van der Waals surface area contributed by atoms with E-state index >= 15 is 0 Å². The zero-order valence-electron chi connectivity index (χ0n) is 13.9. The Morgan fingerprint density at radius 1 is 1.29 bits per heavy atom. The van der Waals surface area contributed by atoms with Crippen molar-refractivity contribution < 1.29 is 4.79 Å².